The highest BCUT2D eigenvalue weighted by atomic mass is 35.5. The number of unbranched alkanes of at least 4 members (excludes halogenated alkanes) is 1. The van der Waals surface area contributed by atoms with E-state index in [0.717, 1.165) is 13.1 Å². The number of hydrogen-bond donors (Lipinski definition) is 1. The zero-order valence-corrected chi connectivity index (χ0v) is 14.6. The molecule has 2 aromatic rings. The van der Waals surface area contributed by atoms with Crippen LogP contribution in [0.3, 0.4) is 0 Å². The molecule has 4 heteroatoms. The van der Waals surface area contributed by atoms with Crippen LogP contribution >= 0.6 is 24.8 Å². The molecule has 3 rings (SSSR count). The van der Waals surface area contributed by atoms with E-state index in [4.69, 9.17) is 0 Å². The van der Waals surface area contributed by atoms with Gasteiger partial charge in [0, 0.05) is 26.2 Å². The fourth-order valence-electron chi connectivity index (χ4n) is 3.10. The summed E-state index contributed by atoms with van der Waals surface area (Å²) in [7, 11) is 0. The summed E-state index contributed by atoms with van der Waals surface area (Å²) in [5, 5.41) is 6.21. The summed E-state index contributed by atoms with van der Waals surface area (Å²) in [6.07, 6.45) is 3.80. The van der Waals surface area contributed by atoms with Gasteiger partial charge in [-0.1, -0.05) is 42.5 Å². The molecule has 1 aliphatic heterocycles. The molecule has 1 N–H and O–H groups in total. The summed E-state index contributed by atoms with van der Waals surface area (Å²) in [5.74, 6) is 0. The molecule has 1 heterocycles. The molecule has 122 valence electrons. The fourth-order valence-corrected chi connectivity index (χ4v) is 3.10. The number of aryl methyl sites for hydroxylation is 1. The SMILES string of the molecule is Cl.Cl.c1ccc2c(CCCCN3CCNCC3)cccc2c1. The molecule has 0 spiro atoms. The minimum absolute atomic E-state index is 0. The summed E-state index contributed by atoms with van der Waals surface area (Å²) in [6, 6.07) is 15.4. The van der Waals surface area contributed by atoms with E-state index in [-0.39, 0.29) is 24.8 Å². The minimum atomic E-state index is 0. The Balaban J connectivity index is 0.00000121. The molecule has 0 unspecified atom stereocenters. The number of nitrogens with zero attached hydrogens (tertiary/aromatic N) is 1. The third kappa shape index (κ3) is 5.13. The van der Waals surface area contributed by atoms with Crippen LogP contribution in [0.5, 0.6) is 0 Å². The molecular weight excluding hydrogens is 315 g/mol. The second-order valence-electron chi connectivity index (χ2n) is 5.69. The number of fused-ring (bicyclic) bond motifs is 1. The van der Waals surface area contributed by atoms with Gasteiger partial charge in [0.2, 0.25) is 0 Å². The van der Waals surface area contributed by atoms with Crippen LogP contribution in [0.2, 0.25) is 0 Å². The van der Waals surface area contributed by atoms with E-state index in [1.165, 1.54) is 55.2 Å². The first-order valence-electron chi connectivity index (χ1n) is 7.83. The molecule has 0 radical (unpaired) electrons. The molecule has 2 aromatic carbocycles. The lowest BCUT2D eigenvalue weighted by atomic mass is 10.0. The molecule has 1 saturated heterocycles. The normalized spacial score (nSPS) is 15.1. The van der Waals surface area contributed by atoms with Crippen molar-refractivity contribution in [2.24, 2.45) is 0 Å². The van der Waals surface area contributed by atoms with E-state index in [1.807, 2.05) is 0 Å². The van der Waals surface area contributed by atoms with Crippen molar-refractivity contribution in [2.45, 2.75) is 19.3 Å². The third-order valence-corrected chi connectivity index (χ3v) is 4.26. The molecule has 0 saturated carbocycles. The van der Waals surface area contributed by atoms with Crippen molar-refractivity contribution in [3.05, 3.63) is 48.0 Å². The molecule has 1 fully saturated rings. The molecule has 0 aromatic heterocycles. The number of hydrogen-bond acceptors (Lipinski definition) is 2. The number of nitrogens with one attached hydrogen (secondary N) is 1. The molecule has 22 heavy (non-hydrogen) atoms. The molecule has 0 amide bonds. The second kappa shape index (κ2) is 10.1. The second-order valence-corrected chi connectivity index (χ2v) is 5.69. The largest absolute Gasteiger partial charge is 0.314 e. The Morgan fingerprint density at radius 3 is 2.41 bits per heavy atom. The van der Waals surface area contributed by atoms with Crippen LogP contribution in [0.25, 0.3) is 10.8 Å². The quantitative estimate of drug-likeness (QED) is 0.830. The molecule has 1 aliphatic rings. The summed E-state index contributed by atoms with van der Waals surface area (Å²) in [4.78, 5) is 2.58. The van der Waals surface area contributed by atoms with Crippen LogP contribution in [-0.2, 0) is 6.42 Å². The van der Waals surface area contributed by atoms with Gasteiger partial charge in [-0.3, -0.25) is 0 Å². The average molecular weight is 341 g/mol. The first kappa shape index (κ1) is 19.2. The van der Waals surface area contributed by atoms with Gasteiger partial charge in [0.15, 0.2) is 0 Å². The third-order valence-electron chi connectivity index (χ3n) is 4.26. The predicted molar refractivity (Wildman–Crippen MR) is 101 cm³/mol. The van der Waals surface area contributed by atoms with E-state index < -0.39 is 0 Å². The molecular formula is C18H26Cl2N2. The van der Waals surface area contributed by atoms with E-state index in [9.17, 15) is 0 Å². The summed E-state index contributed by atoms with van der Waals surface area (Å²) in [5.41, 5.74) is 1.50. The highest BCUT2D eigenvalue weighted by Gasteiger charge is 2.08. The fraction of sp³-hybridized carbons (Fsp3) is 0.444. The van der Waals surface area contributed by atoms with Crippen LogP contribution in [0.1, 0.15) is 18.4 Å². The Morgan fingerprint density at radius 1 is 0.864 bits per heavy atom. The van der Waals surface area contributed by atoms with E-state index in [0.29, 0.717) is 0 Å². The van der Waals surface area contributed by atoms with Crippen molar-refractivity contribution >= 4 is 35.6 Å². The lowest BCUT2D eigenvalue weighted by Crippen LogP contribution is -2.43. The van der Waals surface area contributed by atoms with Crippen LogP contribution in [-0.4, -0.2) is 37.6 Å². The lowest BCUT2D eigenvalue weighted by molar-refractivity contribution is 0.237. The molecule has 2 nitrogen and oxygen atoms in total. The van der Waals surface area contributed by atoms with Gasteiger partial charge in [0.1, 0.15) is 0 Å². The van der Waals surface area contributed by atoms with Gasteiger partial charge in [0.05, 0.1) is 0 Å². The number of halogens is 2. The zero-order valence-electron chi connectivity index (χ0n) is 13.0. The van der Waals surface area contributed by atoms with E-state index >= 15 is 0 Å². The monoisotopic (exact) mass is 340 g/mol. The Hall–Kier alpha value is -0.800. The van der Waals surface area contributed by atoms with Crippen molar-refractivity contribution in [2.75, 3.05) is 32.7 Å². The maximum absolute atomic E-state index is 3.41. The molecule has 0 bridgehead atoms. The molecule has 0 aliphatic carbocycles. The summed E-state index contributed by atoms with van der Waals surface area (Å²) >= 11 is 0. The standard InChI is InChI=1S/C18H24N2.2ClH/c1-2-10-18-16(6-1)8-5-9-17(18)7-3-4-13-20-14-11-19-12-15-20;;/h1-2,5-6,8-10,19H,3-4,7,11-15H2;2*1H. The Labute approximate surface area is 146 Å². The predicted octanol–water partition coefficient (Wildman–Crippen LogP) is 3.91. The number of rotatable bonds is 5. The highest BCUT2D eigenvalue weighted by Crippen LogP contribution is 2.20. The van der Waals surface area contributed by atoms with Gasteiger partial charge in [-0.05, 0) is 42.1 Å². The number of piperazine rings is 1. The lowest BCUT2D eigenvalue weighted by Gasteiger charge is -2.27. The van der Waals surface area contributed by atoms with Gasteiger partial charge in [-0.2, -0.15) is 0 Å². The van der Waals surface area contributed by atoms with Crippen LogP contribution in [0, 0.1) is 0 Å². The number of benzene rings is 2. The van der Waals surface area contributed by atoms with Gasteiger partial charge in [0.25, 0.3) is 0 Å². The van der Waals surface area contributed by atoms with Crippen LogP contribution < -0.4 is 5.32 Å². The molecule has 0 atom stereocenters. The van der Waals surface area contributed by atoms with Crippen LogP contribution in [0.15, 0.2) is 42.5 Å². The Kier molecular flexibility index (Phi) is 8.81. The van der Waals surface area contributed by atoms with Gasteiger partial charge in [-0.15, -0.1) is 24.8 Å². The van der Waals surface area contributed by atoms with Crippen molar-refractivity contribution < 1.29 is 0 Å². The highest BCUT2D eigenvalue weighted by molar-refractivity contribution is 5.86. The van der Waals surface area contributed by atoms with Gasteiger partial charge in [-0.25, -0.2) is 0 Å². The van der Waals surface area contributed by atoms with Crippen molar-refractivity contribution in [3.8, 4) is 0 Å². The minimum Gasteiger partial charge on any atom is -0.314 e. The summed E-state index contributed by atoms with van der Waals surface area (Å²) in [6.45, 7) is 6.00. The maximum Gasteiger partial charge on any atom is 0.0107 e. The first-order valence-corrected chi connectivity index (χ1v) is 7.83. The van der Waals surface area contributed by atoms with Crippen molar-refractivity contribution in [1.82, 2.24) is 10.2 Å². The smallest absolute Gasteiger partial charge is 0.0107 e. The van der Waals surface area contributed by atoms with Crippen LogP contribution in [0.4, 0.5) is 0 Å². The Morgan fingerprint density at radius 2 is 1.59 bits per heavy atom. The maximum atomic E-state index is 3.41. The zero-order chi connectivity index (χ0) is 13.6. The van der Waals surface area contributed by atoms with Crippen molar-refractivity contribution in [1.29, 1.82) is 0 Å². The summed E-state index contributed by atoms with van der Waals surface area (Å²) < 4.78 is 0. The topological polar surface area (TPSA) is 15.3 Å². The van der Waals surface area contributed by atoms with Crippen molar-refractivity contribution in [3.63, 3.8) is 0 Å². The first-order chi connectivity index (χ1) is 9.93. The average Bonchev–Trinajstić information content (AvgIpc) is 2.53. The van der Waals surface area contributed by atoms with Gasteiger partial charge < -0.3 is 10.2 Å². The van der Waals surface area contributed by atoms with Gasteiger partial charge >= 0.3 is 0 Å². The Bertz CT molecular complexity index is 548. The van der Waals surface area contributed by atoms with E-state index in [2.05, 4.69) is 52.7 Å². The van der Waals surface area contributed by atoms with E-state index in [1.54, 1.807) is 0 Å².